The number of unbranched alkanes of at least 4 members (excludes halogenated alkanes) is 1. The maximum Gasteiger partial charge on any atom is 0.118 e. The van der Waals surface area contributed by atoms with E-state index in [-0.39, 0.29) is 0 Å². The molecule has 0 radical (unpaired) electrons. The summed E-state index contributed by atoms with van der Waals surface area (Å²) >= 11 is 0. The second-order valence-corrected chi connectivity index (χ2v) is 4.55. The molecule has 1 atom stereocenters. The average Bonchev–Trinajstić information content (AvgIpc) is 2.42. The predicted molar refractivity (Wildman–Crippen MR) is 76.8 cm³/mol. The van der Waals surface area contributed by atoms with Crippen molar-refractivity contribution in [1.82, 2.24) is 5.32 Å². The van der Waals surface area contributed by atoms with E-state index in [0.29, 0.717) is 6.04 Å². The summed E-state index contributed by atoms with van der Waals surface area (Å²) in [6.45, 7) is 3.23. The molecule has 0 saturated carbocycles. The summed E-state index contributed by atoms with van der Waals surface area (Å²) in [6, 6.07) is 8.82. The number of aryl methyl sites for hydroxylation is 1. The first kappa shape index (κ1) is 14.6. The van der Waals surface area contributed by atoms with E-state index in [4.69, 9.17) is 11.2 Å². The van der Waals surface area contributed by atoms with E-state index in [1.165, 1.54) is 5.56 Å². The van der Waals surface area contributed by atoms with Gasteiger partial charge in [-0.2, -0.15) is 0 Å². The molecule has 1 N–H and O–H groups in total. The van der Waals surface area contributed by atoms with Crippen LogP contribution < -0.4 is 10.1 Å². The molecule has 0 heterocycles. The zero-order valence-corrected chi connectivity index (χ0v) is 11.4. The second kappa shape index (κ2) is 8.60. The summed E-state index contributed by atoms with van der Waals surface area (Å²) in [5.74, 6) is 3.57. The Morgan fingerprint density at radius 2 is 2.06 bits per heavy atom. The SMILES string of the molecule is C#CCCCNC(C)CCc1ccc(OC)cc1. The molecule has 1 aromatic carbocycles. The lowest BCUT2D eigenvalue weighted by atomic mass is 10.1. The molecule has 0 aliphatic carbocycles. The summed E-state index contributed by atoms with van der Waals surface area (Å²) in [4.78, 5) is 0. The zero-order chi connectivity index (χ0) is 13.2. The highest BCUT2D eigenvalue weighted by molar-refractivity contribution is 5.27. The first-order valence-electron chi connectivity index (χ1n) is 6.56. The summed E-state index contributed by atoms with van der Waals surface area (Å²) in [6.07, 6.45) is 9.37. The molecule has 0 aliphatic rings. The lowest BCUT2D eigenvalue weighted by Crippen LogP contribution is -2.27. The molecular weight excluding hydrogens is 222 g/mol. The Morgan fingerprint density at radius 1 is 1.33 bits per heavy atom. The van der Waals surface area contributed by atoms with Crippen molar-refractivity contribution in [2.45, 2.75) is 38.6 Å². The molecule has 0 bridgehead atoms. The minimum atomic E-state index is 0.532. The third-order valence-corrected chi connectivity index (χ3v) is 3.02. The number of ether oxygens (including phenoxy) is 1. The third-order valence-electron chi connectivity index (χ3n) is 3.02. The van der Waals surface area contributed by atoms with Crippen molar-refractivity contribution in [3.05, 3.63) is 29.8 Å². The van der Waals surface area contributed by atoms with Crippen LogP contribution in [0.1, 0.15) is 31.7 Å². The molecule has 2 heteroatoms. The van der Waals surface area contributed by atoms with Crippen LogP contribution in [0.4, 0.5) is 0 Å². The molecule has 18 heavy (non-hydrogen) atoms. The molecule has 0 aliphatic heterocycles. The molecular formula is C16H23NO. The van der Waals surface area contributed by atoms with Crippen LogP contribution in [0.2, 0.25) is 0 Å². The molecule has 1 rings (SSSR count). The summed E-state index contributed by atoms with van der Waals surface area (Å²) < 4.78 is 5.14. The van der Waals surface area contributed by atoms with E-state index in [1.807, 2.05) is 12.1 Å². The van der Waals surface area contributed by atoms with E-state index in [0.717, 1.165) is 38.0 Å². The van der Waals surface area contributed by atoms with Gasteiger partial charge in [-0.1, -0.05) is 12.1 Å². The Kier molecular flexibility index (Phi) is 6.98. The van der Waals surface area contributed by atoms with Crippen molar-refractivity contribution in [3.8, 4) is 18.1 Å². The minimum absolute atomic E-state index is 0.532. The standard InChI is InChI=1S/C16H23NO/c1-4-5-6-13-17-14(2)7-8-15-9-11-16(18-3)12-10-15/h1,9-12,14,17H,5-8,13H2,2-3H3. The molecule has 0 saturated heterocycles. The minimum Gasteiger partial charge on any atom is -0.497 e. The van der Waals surface area contributed by atoms with Gasteiger partial charge in [0.25, 0.3) is 0 Å². The van der Waals surface area contributed by atoms with Crippen LogP contribution >= 0.6 is 0 Å². The molecule has 2 nitrogen and oxygen atoms in total. The van der Waals surface area contributed by atoms with E-state index in [1.54, 1.807) is 7.11 Å². The van der Waals surface area contributed by atoms with Gasteiger partial charge in [0.15, 0.2) is 0 Å². The highest BCUT2D eigenvalue weighted by Crippen LogP contribution is 2.13. The summed E-state index contributed by atoms with van der Waals surface area (Å²) in [5.41, 5.74) is 1.35. The van der Waals surface area contributed by atoms with E-state index < -0.39 is 0 Å². The smallest absolute Gasteiger partial charge is 0.118 e. The van der Waals surface area contributed by atoms with Crippen LogP contribution in [-0.4, -0.2) is 19.7 Å². The fourth-order valence-electron chi connectivity index (χ4n) is 1.82. The molecule has 0 spiro atoms. The second-order valence-electron chi connectivity index (χ2n) is 4.55. The van der Waals surface area contributed by atoms with Crippen LogP contribution in [0, 0.1) is 12.3 Å². The van der Waals surface area contributed by atoms with Crippen molar-refractivity contribution in [1.29, 1.82) is 0 Å². The van der Waals surface area contributed by atoms with Gasteiger partial charge in [0.1, 0.15) is 5.75 Å². The number of hydrogen-bond donors (Lipinski definition) is 1. The molecule has 1 aromatic rings. The third kappa shape index (κ3) is 5.75. The summed E-state index contributed by atoms with van der Waals surface area (Å²) in [5, 5.41) is 3.49. The van der Waals surface area contributed by atoms with Gasteiger partial charge in [0.2, 0.25) is 0 Å². The number of methoxy groups -OCH3 is 1. The Balaban J connectivity index is 2.20. The Morgan fingerprint density at radius 3 is 2.67 bits per heavy atom. The van der Waals surface area contributed by atoms with Crippen molar-refractivity contribution < 1.29 is 4.74 Å². The van der Waals surface area contributed by atoms with E-state index in [9.17, 15) is 0 Å². The highest BCUT2D eigenvalue weighted by atomic mass is 16.5. The number of hydrogen-bond acceptors (Lipinski definition) is 2. The van der Waals surface area contributed by atoms with Crippen molar-refractivity contribution in [3.63, 3.8) is 0 Å². The quantitative estimate of drug-likeness (QED) is 0.561. The number of terminal acetylenes is 1. The largest absolute Gasteiger partial charge is 0.497 e. The highest BCUT2D eigenvalue weighted by Gasteiger charge is 2.01. The number of nitrogens with one attached hydrogen (secondary N) is 1. The molecule has 0 fully saturated rings. The molecule has 98 valence electrons. The normalized spacial score (nSPS) is 11.8. The lowest BCUT2D eigenvalue weighted by Gasteiger charge is -2.13. The number of rotatable bonds is 8. The van der Waals surface area contributed by atoms with Gasteiger partial charge in [0.05, 0.1) is 7.11 Å². The Labute approximate surface area is 111 Å². The first-order valence-corrected chi connectivity index (χ1v) is 6.56. The fraction of sp³-hybridized carbons (Fsp3) is 0.500. The van der Waals surface area contributed by atoms with E-state index in [2.05, 4.69) is 30.3 Å². The monoisotopic (exact) mass is 245 g/mol. The van der Waals surface area contributed by atoms with Crippen molar-refractivity contribution >= 4 is 0 Å². The lowest BCUT2D eigenvalue weighted by molar-refractivity contribution is 0.414. The van der Waals surface area contributed by atoms with Gasteiger partial charge in [-0.3, -0.25) is 0 Å². The van der Waals surface area contributed by atoms with Crippen LogP contribution in [0.3, 0.4) is 0 Å². The summed E-state index contributed by atoms with van der Waals surface area (Å²) in [7, 11) is 1.69. The zero-order valence-electron chi connectivity index (χ0n) is 11.4. The van der Waals surface area contributed by atoms with Crippen LogP contribution in [-0.2, 0) is 6.42 Å². The van der Waals surface area contributed by atoms with Gasteiger partial charge in [-0.25, -0.2) is 0 Å². The van der Waals surface area contributed by atoms with Gasteiger partial charge < -0.3 is 10.1 Å². The fourth-order valence-corrected chi connectivity index (χ4v) is 1.82. The van der Waals surface area contributed by atoms with Gasteiger partial charge in [-0.15, -0.1) is 12.3 Å². The predicted octanol–water partition coefficient (Wildman–Crippen LogP) is 3.02. The Hall–Kier alpha value is -1.46. The van der Waals surface area contributed by atoms with Crippen molar-refractivity contribution in [2.24, 2.45) is 0 Å². The molecule has 1 unspecified atom stereocenters. The number of benzene rings is 1. The maximum atomic E-state index is 5.22. The first-order chi connectivity index (χ1) is 8.76. The van der Waals surface area contributed by atoms with Gasteiger partial charge in [0, 0.05) is 12.5 Å². The van der Waals surface area contributed by atoms with Crippen molar-refractivity contribution in [2.75, 3.05) is 13.7 Å². The van der Waals surface area contributed by atoms with E-state index >= 15 is 0 Å². The molecule has 0 aromatic heterocycles. The maximum absolute atomic E-state index is 5.22. The van der Waals surface area contributed by atoms with Crippen LogP contribution in [0.5, 0.6) is 5.75 Å². The van der Waals surface area contributed by atoms with Crippen LogP contribution in [0.25, 0.3) is 0 Å². The molecule has 0 amide bonds. The Bertz CT molecular complexity index is 364. The average molecular weight is 245 g/mol. The van der Waals surface area contributed by atoms with Gasteiger partial charge >= 0.3 is 0 Å². The topological polar surface area (TPSA) is 21.3 Å². The van der Waals surface area contributed by atoms with Crippen LogP contribution in [0.15, 0.2) is 24.3 Å². The van der Waals surface area contributed by atoms with Gasteiger partial charge in [-0.05, 0) is 50.4 Å².